The second kappa shape index (κ2) is 7.87. The van der Waals surface area contributed by atoms with E-state index < -0.39 is 12.0 Å². The van der Waals surface area contributed by atoms with Gasteiger partial charge in [-0.3, -0.25) is 4.79 Å². The summed E-state index contributed by atoms with van der Waals surface area (Å²) in [5.41, 5.74) is 8.38. The number of rotatable bonds is 4. The van der Waals surface area contributed by atoms with E-state index in [-0.39, 0.29) is 41.8 Å². The van der Waals surface area contributed by atoms with Gasteiger partial charge in [0.05, 0.1) is 18.7 Å². The average Bonchev–Trinajstić information content (AvgIpc) is 3.34. The van der Waals surface area contributed by atoms with E-state index >= 15 is 0 Å². The lowest BCUT2D eigenvalue weighted by Gasteiger charge is -2.14. The molecular formula is C22H16ClF3N6O2. The Kier molecular flexibility index (Phi) is 5.08. The predicted octanol–water partition coefficient (Wildman–Crippen LogP) is 4.44. The molecule has 2 aromatic carbocycles. The molecule has 34 heavy (non-hydrogen) atoms. The van der Waals surface area contributed by atoms with Crippen LogP contribution in [-0.4, -0.2) is 37.9 Å². The minimum atomic E-state index is -4.76. The number of imidazole rings is 1. The van der Waals surface area contributed by atoms with Crippen molar-refractivity contribution in [2.75, 3.05) is 12.8 Å². The Balaban J connectivity index is 1.46. The Hall–Kier alpha value is -3.86. The van der Waals surface area contributed by atoms with Gasteiger partial charge < -0.3 is 20.4 Å². The summed E-state index contributed by atoms with van der Waals surface area (Å²) >= 11 is 6.45. The summed E-state index contributed by atoms with van der Waals surface area (Å²) in [5.74, 6) is -1.14. The highest BCUT2D eigenvalue weighted by Gasteiger charge is 2.36. The van der Waals surface area contributed by atoms with E-state index in [0.29, 0.717) is 16.3 Å². The molecule has 3 heterocycles. The molecular weight excluding hydrogens is 473 g/mol. The molecule has 1 aliphatic heterocycles. The maximum absolute atomic E-state index is 13.1. The Morgan fingerprint density at radius 3 is 2.62 bits per heavy atom. The number of anilines is 1. The molecule has 0 radical (unpaired) electrons. The molecule has 1 amide bonds. The number of ether oxygens (including phenoxy) is 1. The van der Waals surface area contributed by atoms with Crippen molar-refractivity contribution < 1.29 is 22.7 Å². The monoisotopic (exact) mass is 488 g/mol. The summed E-state index contributed by atoms with van der Waals surface area (Å²) in [7, 11) is 1.54. The fraction of sp³-hybridized carbons (Fsp3) is 0.182. The van der Waals surface area contributed by atoms with E-state index in [9.17, 15) is 18.0 Å². The molecule has 0 aliphatic carbocycles. The third-order valence-corrected chi connectivity index (χ3v) is 5.84. The summed E-state index contributed by atoms with van der Waals surface area (Å²) in [4.78, 5) is 28.3. The molecule has 0 unspecified atom stereocenters. The zero-order valence-electron chi connectivity index (χ0n) is 17.6. The number of hydrogen-bond acceptors (Lipinski definition) is 6. The molecule has 0 spiro atoms. The number of nitrogens with one attached hydrogen (secondary N) is 1. The first-order chi connectivity index (χ1) is 16.2. The lowest BCUT2D eigenvalue weighted by atomic mass is 9.97. The second-order valence-corrected chi connectivity index (χ2v) is 8.06. The Morgan fingerprint density at radius 2 is 1.91 bits per heavy atom. The van der Waals surface area contributed by atoms with Crippen LogP contribution in [0.1, 0.15) is 27.6 Å². The van der Waals surface area contributed by atoms with Gasteiger partial charge >= 0.3 is 6.18 Å². The molecule has 8 nitrogen and oxygen atoms in total. The average molecular weight is 489 g/mol. The third kappa shape index (κ3) is 3.67. The lowest BCUT2D eigenvalue weighted by molar-refractivity contribution is -0.144. The number of nitrogen functional groups attached to an aromatic ring is 1. The van der Waals surface area contributed by atoms with E-state index in [4.69, 9.17) is 22.1 Å². The normalized spacial score (nSPS) is 13.6. The lowest BCUT2D eigenvalue weighted by Crippen LogP contribution is -2.23. The molecule has 0 fully saturated rings. The Labute approximate surface area is 195 Å². The second-order valence-electron chi connectivity index (χ2n) is 7.65. The number of alkyl halides is 3. The predicted molar refractivity (Wildman–Crippen MR) is 118 cm³/mol. The van der Waals surface area contributed by atoms with Crippen molar-refractivity contribution in [2.45, 2.75) is 19.3 Å². The molecule has 0 atom stereocenters. The summed E-state index contributed by atoms with van der Waals surface area (Å²) in [6.07, 6.45) is -4.76. The number of hydrogen-bond donors (Lipinski definition) is 2. The highest BCUT2D eigenvalue weighted by Crippen LogP contribution is 2.38. The topological polar surface area (TPSA) is 110 Å². The first-order valence-electron chi connectivity index (χ1n) is 10.00. The minimum Gasteiger partial charge on any atom is -0.497 e. The van der Waals surface area contributed by atoms with Gasteiger partial charge in [0.15, 0.2) is 11.5 Å². The number of aromatic nitrogens is 4. The number of fused-ring (bicyclic) bond motifs is 2. The SMILES string of the molecule is COc1ccc(-c2cccc3c2CN(Cc2nc4nc(C(F)(F)F)nc(N)c4[nH]2)C3=O)c(Cl)c1. The Morgan fingerprint density at radius 1 is 1.15 bits per heavy atom. The van der Waals surface area contributed by atoms with Crippen molar-refractivity contribution in [3.8, 4) is 16.9 Å². The molecule has 0 saturated carbocycles. The first-order valence-corrected chi connectivity index (χ1v) is 10.4. The summed E-state index contributed by atoms with van der Waals surface area (Å²) < 4.78 is 44.2. The van der Waals surface area contributed by atoms with Crippen molar-refractivity contribution in [1.29, 1.82) is 0 Å². The molecule has 1 aliphatic rings. The number of benzene rings is 2. The molecule has 0 saturated heterocycles. The van der Waals surface area contributed by atoms with Crippen LogP contribution in [-0.2, 0) is 19.3 Å². The van der Waals surface area contributed by atoms with Crippen LogP contribution >= 0.6 is 11.6 Å². The molecule has 4 aromatic rings. The fourth-order valence-electron chi connectivity index (χ4n) is 3.96. The molecule has 5 rings (SSSR count). The number of amides is 1. The van der Waals surface area contributed by atoms with Crippen LogP contribution in [0.25, 0.3) is 22.3 Å². The van der Waals surface area contributed by atoms with Gasteiger partial charge in [-0.2, -0.15) is 13.2 Å². The van der Waals surface area contributed by atoms with Gasteiger partial charge in [-0.1, -0.05) is 23.7 Å². The van der Waals surface area contributed by atoms with Gasteiger partial charge in [0, 0.05) is 17.7 Å². The highest BCUT2D eigenvalue weighted by atomic mass is 35.5. The quantitative estimate of drug-likeness (QED) is 0.439. The summed E-state index contributed by atoms with van der Waals surface area (Å²) in [6.45, 7) is 0.277. The summed E-state index contributed by atoms with van der Waals surface area (Å²) in [5, 5.41) is 0.477. The molecule has 0 bridgehead atoms. The van der Waals surface area contributed by atoms with Crippen molar-refractivity contribution in [1.82, 2.24) is 24.8 Å². The van der Waals surface area contributed by atoms with Crippen LogP contribution in [0.3, 0.4) is 0 Å². The van der Waals surface area contributed by atoms with Crippen LogP contribution in [0, 0.1) is 0 Å². The van der Waals surface area contributed by atoms with Crippen LogP contribution in [0.2, 0.25) is 5.02 Å². The van der Waals surface area contributed by atoms with Crippen molar-refractivity contribution in [2.24, 2.45) is 0 Å². The van der Waals surface area contributed by atoms with Crippen LogP contribution in [0.4, 0.5) is 19.0 Å². The van der Waals surface area contributed by atoms with Crippen LogP contribution in [0.15, 0.2) is 36.4 Å². The van der Waals surface area contributed by atoms with E-state index in [1.54, 1.807) is 31.4 Å². The van der Waals surface area contributed by atoms with E-state index in [0.717, 1.165) is 16.7 Å². The molecule has 174 valence electrons. The number of aromatic amines is 1. The van der Waals surface area contributed by atoms with Crippen molar-refractivity contribution in [3.63, 3.8) is 0 Å². The minimum absolute atomic E-state index is 0.0143. The molecule has 2 aromatic heterocycles. The van der Waals surface area contributed by atoms with Crippen LogP contribution < -0.4 is 10.5 Å². The van der Waals surface area contributed by atoms with Gasteiger partial charge in [-0.15, -0.1) is 0 Å². The first kappa shape index (κ1) is 22.0. The smallest absolute Gasteiger partial charge is 0.451 e. The highest BCUT2D eigenvalue weighted by molar-refractivity contribution is 6.33. The zero-order chi connectivity index (χ0) is 24.2. The van der Waals surface area contributed by atoms with Gasteiger partial charge in [-0.05, 0) is 35.4 Å². The van der Waals surface area contributed by atoms with Gasteiger partial charge in [0.25, 0.3) is 5.91 Å². The zero-order valence-corrected chi connectivity index (χ0v) is 18.3. The standard InChI is InChI=1S/C22H16ClF3N6O2/c1-34-10-5-6-12(15(23)7-10)11-3-2-4-13-14(11)8-32(20(13)33)9-16-28-17-18(27)30-21(22(24,25)26)31-19(17)29-16/h2-7H,8-9H2,1H3,(H3,27,28,29,30,31). The number of carbonyl (C=O) groups is 1. The van der Waals surface area contributed by atoms with Gasteiger partial charge in [0.2, 0.25) is 5.82 Å². The number of carbonyl (C=O) groups excluding carboxylic acids is 1. The summed E-state index contributed by atoms with van der Waals surface area (Å²) in [6, 6.07) is 10.7. The number of H-pyrrole nitrogens is 1. The van der Waals surface area contributed by atoms with Crippen molar-refractivity contribution in [3.05, 3.63) is 64.2 Å². The molecule has 3 N–H and O–H groups in total. The third-order valence-electron chi connectivity index (χ3n) is 5.53. The van der Waals surface area contributed by atoms with E-state index in [1.807, 2.05) is 12.1 Å². The van der Waals surface area contributed by atoms with Gasteiger partial charge in [-0.25, -0.2) is 15.0 Å². The largest absolute Gasteiger partial charge is 0.497 e. The maximum Gasteiger partial charge on any atom is 0.451 e. The maximum atomic E-state index is 13.1. The van der Waals surface area contributed by atoms with E-state index in [2.05, 4.69) is 19.9 Å². The van der Waals surface area contributed by atoms with Crippen LogP contribution in [0.5, 0.6) is 5.75 Å². The number of halogens is 4. The molecule has 12 heteroatoms. The van der Waals surface area contributed by atoms with Crippen molar-refractivity contribution >= 4 is 34.5 Å². The number of nitrogens with two attached hydrogens (primary N) is 1. The number of nitrogens with zero attached hydrogens (tertiary/aromatic N) is 4. The number of methoxy groups -OCH3 is 1. The van der Waals surface area contributed by atoms with E-state index in [1.165, 1.54) is 4.90 Å². The fourth-order valence-corrected chi connectivity index (χ4v) is 4.23. The Bertz CT molecular complexity index is 1450. The van der Waals surface area contributed by atoms with Gasteiger partial charge in [0.1, 0.15) is 17.1 Å².